The van der Waals surface area contributed by atoms with Crippen molar-refractivity contribution in [3.63, 3.8) is 0 Å². The number of rotatable bonds is 7. The van der Waals surface area contributed by atoms with E-state index in [9.17, 15) is 0 Å². The van der Waals surface area contributed by atoms with Crippen LogP contribution in [0.3, 0.4) is 0 Å². The van der Waals surface area contributed by atoms with Crippen molar-refractivity contribution < 1.29 is 4.74 Å². The van der Waals surface area contributed by atoms with Crippen LogP contribution in [0.4, 0.5) is 5.69 Å². The molecule has 0 aromatic heterocycles. The Labute approximate surface area is 131 Å². The van der Waals surface area contributed by atoms with Crippen LogP contribution in [-0.2, 0) is 6.42 Å². The first kappa shape index (κ1) is 15.8. The fourth-order valence-electron chi connectivity index (χ4n) is 2.24. The van der Waals surface area contributed by atoms with Gasteiger partial charge in [0, 0.05) is 16.6 Å². The molecule has 0 aliphatic heterocycles. The Morgan fingerprint density at radius 3 is 2.57 bits per heavy atom. The van der Waals surface area contributed by atoms with Gasteiger partial charge in [-0.1, -0.05) is 18.2 Å². The first-order valence-corrected chi connectivity index (χ1v) is 8.47. The number of hydrogen-bond donors (Lipinski definition) is 1. The molecule has 0 saturated heterocycles. The Morgan fingerprint density at radius 2 is 1.90 bits per heavy atom. The maximum atomic E-state index is 5.18. The highest BCUT2D eigenvalue weighted by atomic mass is 32.2. The van der Waals surface area contributed by atoms with Gasteiger partial charge in [0.25, 0.3) is 0 Å². The van der Waals surface area contributed by atoms with Crippen LogP contribution < -0.4 is 10.1 Å². The van der Waals surface area contributed by atoms with E-state index >= 15 is 0 Å². The third-order valence-corrected chi connectivity index (χ3v) is 4.23. The normalized spacial score (nSPS) is 12.0. The van der Waals surface area contributed by atoms with Crippen LogP contribution in [0.5, 0.6) is 5.75 Å². The van der Waals surface area contributed by atoms with Gasteiger partial charge in [-0.2, -0.15) is 0 Å². The molecule has 0 amide bonds. The molecule has 0 radical (unpaired) electrons. The monoisotopic (exact) mass is 301 g/mol. The number of anilines is 1. The Balaban J connectivity index is 1.84. The summed E-state index contributed by atoms with van der Waals surface area (Å²) < 4.78 is 5.18. The number of aryl methyl sites for hydroxylation is 1. The lowest BCUT2D eigenvalue weighted by atomic mass is 10.1. The summed E-state index contributed by atoms with van der Waals surface area (Å²) in [6.07, 6.45) is 4.28. The van der Waals surface area contributed by atoms with Crippen molar-refractivity contribution in [2.24, 2.45) is 0 Å². The molecule has 2 aromatic rings. The third-order valence-electron chi connectivity index (χ3n) is 3.51. The topological polar surface area (TPSA) is 21.3 Å². The molecule has 0 aliphatic rings. The van der Waals surface area contributed by atoms with Crippen LogP contribution in [0.15, 0.2) is 53.4 Å². The van der Waals surface area contributed by atoms with Gasteiger partial charge in [0.2, 0.25) is 0 Å². The van der Waals surface area contributed by atoms with Gasteiger partial charge in [0.05, 0.1) is 7.11 Å². The standard InChI is InChI=1S/C18H23NOS/c1-14(19-16-5-4-6-18(13-16)21-3)7-8-15-9-11-17(20-2)12-10-15/h4-6,9-14,19H,7-8H2,1-3H3/t14-/m1/s1. The van der Waals surface area contributed by atoms with E-state index in [0.29, 0.717) is 6.04 Å². The van der Waals surface area contributed by atoms with E-state index < -0.39 is 0 Å². The molecule has 2 rings (SSSR count). The molecule has 1 N–H and O–H groups in total. The molecule has 3 heteroatoms. The predicted octanol–water partition coefficient (Wildman–Crippen LogP) is 4.85. The molecule has 0 heterocycles. The van der Waals surface area contributed by atoms with Gasteiger partial charge in [-0.05, 0) is 61.9 Å². The Bertz CT molecular complexity index is 553. The minimum Gasteiger partial charge on any atom is -0.497 e. The summed E-state index contributed by atoms with van der Waals surface area (Å²) in [4.78, 5) is 1.29. The van der Waals surface area contributed by atoms with E-state index in [2.05, 4.69) is 54.9 Å². The number of hydrogen-bond acceptors (Lipinski definition) is 3. The number of nitrogens with one attached hydrogen (secondary N) is 1. The van der Waals surface area contributed by atoms with Gasteiger partial charge in [-0.15, -0.1) is 11.8 Å². The van der Waals surface area contributed by atoms with Crippen molar-refractivity contribution >= 4 is 17.4 Å². The highest BCUT2D eigenvalue weighted by Gasteiger charge is 2.04. The number of methoxy groups -OCH3 is 1. The fraction of sp³-hybridized carbons (Fsp3) is 0.333. The smallest absolute Gasteiger partial charge is 0.118 e. The van der Waals surface area contributed by atoms with Crippen molar-refractivity contribution in [3.05, 3.63) is 54.1 Å². The average Bonchev–Trinajstić information content (AvgIpc) is 2.53. The quantitative estimate of drug-likeness (QED) is 0.739. The molecule has 1 atom stereocenters. The van der Waals surface area contributed by atoms with Crippen molar-refractivity contribution in [2.75, 3.05) is 18.7 Å². The Kier molecular flexibility index (Phi) is 6.00. The molecule has 21 heavy (non-hydrogen) atoms. The summed E-state index contributed by atoms with van der Waals surface area (Å²) in [7, 11) is 1.70. The summed E-state index contributed by atoms with van der Waals surface area (Å²) in [5, 5.41) is 3.57. The molecule has 0 fully saturated rings. The average molecular weight is 301 g/mol. The lowest BCUT2D eigenvalue weighted by Crippen LogP contribution is -2.15. The molecule has 2 aromatic carbocycles. The Hall–Kier alpha value is -1.61. The lowest BCUT2D eigenvalue weighted by Gasteiger charge is -2.16. The minimum atomic E-state index is 0.448. The molecule has 0 bridgehead atoms. The fourth-order valence-corrected chi connectivity index (χ4v) is 2.70. The summed E-state index contributed by atoms with van der Waals surface area (Å²) in [5.74, 6) is 0.916. The molecular weight excluding hydrogens is 278 g/mol. The zero-order valence-electron chi connectivity index (χ0n) is 12.9. The molecule has 0 spiro atoms. The van der Waals surface area contributed by atoms with E-state index in [1.165, 1.54) is 16.1 Å². The van der Waals surface area contributed by atoms with E-state index in [1.54, 1.807) is 18.9 Å². The first-order chi connectivity index (χ1) is 10.2. The molecule has 0 saturated carbocycles. The Morgan fingerprint density at radius 1 is 1.14 bits per heavy atom. The van der Waals surface area contributed by atoms with Crippen LogP contribution in [0.1, 0.15) is 18.9 Å². The molecule has 2 nitrogen and oxygen atoms in total. The van der Waals surface area contributed by atoms with Crippen molar-refractivity contribution in [2.45, 2.75) is 30.7 Å². The molecule has 0 unspecified atom stereocenters. The second-order valence-electron chi connectivity index (χ2n) is 5.16. The van der Waals surface area contributed by atoms with Gasteiger partial charge >= 0.3 is 0 Å². The maximum Gasteiger partial charge on any atom is 0.118 e. The van der Waals surface area contributed by atoms with Crippen molar-refractivity contribution in [1.29, 1.82) is 0 Å². The second-order valence-corrected chi connectivity index (χ2v) is 6.04. The van der Waals surface area contributed by atoms with Crippen LogP contribution in [0.2, 0.25) is 0 Å². The molecule has 112 valence electrons. The van der Waals surface area contributed by atoms with Gasteiger partial charge < -0.3 is 10.1 Å². The zero-order valence-corrected chi connectivity index (χ0v) is 13.7. The van der Waals surface area contributed by atoms with Crippen LogP contribution in [0, 0.1) is 0 Å². The van der Waals surface area contributed by atoms with E-state index in [0.717, 1.165) is 18.6 Å². The van der Waals surface area contributed by atoms with E-state index in [-0.39, 0.29) is 0 Å². The summed E-state index contributed by atoms with van der Waals surface area (Å²) in [5.41, 5.74) is 2.55. The highest BCUT2D eigenvalue weighted by Crippen LogP contribution is 2.20. The van der Waals surface area contributed by atoms with Crippen molar-refractivity contribution in [3.8, 4) is 5.75 Å². The first-order valence-electron chi connectivity index (χ1n) is 7.25. The SMILES string of the molecule is COc1ccc(CC[C@@H](C)Nc2cccc(SC)c2)cc1. The number of ether oxygens (including phenoxy) is 1. The van der Waals surface area contributed by atoms with E-state index in [1.807, 2.05) is 12.1 Å². The summed E-state index contributed by atoms with van der Waals surface area (Å²) in [6, 6.07) is 17.3. The largest absolute Gasteiger partial charge is 0.497 e. The van der Waals surface area contributed by atoms with Crippen LogP contribution >= 0.6 is 11.8 Å². The van der Waals surface area contributed by atoms with Crippen LogP contribution in [-0.4, -0.2) is 19.4 Å². The number of benzene rings is 2. The third kappa shape index (κ3) is 5.01. The summed E-state index contributed by atoms with van der Waals surface area (Å²) in [6.45, 7) is 2.23. The van der Waals surface area contributed by atoms with E-state index in [4.69, 9.17) is 4.74 Å². The lowest BCUT2D eigenvalue weighted by molar-refractivity contribution is 0.414. The zero-order chi connectivity index (χ0) is 15.1. The van der Waals surface area contributed by atoms with Gasteiger partial charge in [0.15, 0.2) is 0 Å². The number of thioether (sulfide) groups is 1. The minimum absolute atomic E-state index is 0.448. The summed E-state index contributed by atoms with van der Waals surface area (Å²) >= 11 is 1.77. The van der Waals surface area contributed by atoms with Crippen LogP contribution in [0.25, 0.3) is 0 Å². The van der Waals surface area contributed by atoms with Gasteiger partial charge in [-0.25, -0.2) is 0 Å². The van der Waals surface area contributed by atoms with Gasteiger partial charge in [-0.3, -0.25) is 0 Å². The van der Waals surface area contributed by atoms with Gasteiger partial charge in [0.1, 0.15) is 5.75 Å². The maximum absolute atomic E-state index is 5.18. The second kappa shape index (κ2) is 7.99. The highest BCUT2D eigenvalue weighted by molar-refractivity contribution is 7.98. The predicted molar refractivity (Wildman–Crippen MR) is 92.6 cm³/mol. The molecular formula is C18H23NOS. The van der Waals surface area contributed by atoms with Crippen molar-refractivity contribution in [1.82, 2.24) is 0 Å². The molecule has 0 aliphatic carbocycles.